The third kappa shape index (κ3) is 16.5. The van der Waals surface area contributed by atoms with Crippen molar-refractivity contribution in [3.8, 4) is 91.9 Å². The Morgan fingerprint density at radius 2 is 0.639 bits per heavy atom. The molecule has 0 spiro atoms. The molecule has 6 aliphatic rings. The van der Waals surface area contributed by atoms with E-state index in [0.717, 1.165) is 197 Å². The maximum Gasteiger partial charge on any atom is 2.00 e. The van der Waals surface area contributed by atoms with E-state index in [2.05, 4.69) is 278 Å². The molecule has 0 bridgehead atoms. The molecule has 0 atom stereocenters. The van der Waals surface area contributed by atoms with Crippen molar-refractivity contribution < 1.29 is 95.4 Å². The van der Waals surface area contributed by atoms with Crippen LogP contribution in [0.15, 0.2) is 353 Å². The zero-order chi connectivity index (χ0) is 96.8. The Labute approximate surface area is 895 Å². The average molecular weight is 2440 g/mol. The molecule has 6 aromatic heterocycles. The van der Waals surface area contributed by atoms with Gasteiger partial charge >= 0.3 is 63.2 Å². The van der Waals surface area contributed by atoms with Crippen molar-refractivity contribution in [2.24, 2.45) is 0 Å². The summed E-state index contributed by atoms with van der Waals surface area (Å²) >= 11 is 0. The van der Waals surface area contributed by atoms with Crippen molar-refractivity contribution in [3.63, 3.8) is 0 Å². The summed E-state index contributed by atoms with van der Waals surface area (Å²) < 4.78 is 44.1. The quantitative estimate of drug-likeness (QED) is 0.0789. The third-order valence-electron chi connectivity index (χ3n) is 28.0. The number of hydrogen-bond donors (Lipinski definition) is 0. The molecule has 0 saturated heterocycles. The Morgan fingerprint density at radius 3 is 1.06 bits per heavy atom. The van der Waals surface area contributed by atoms with Gasteiger partial charge in [0, 0.05) is 105 Å². The van der Waals surface area contributed by atoms with Gasteiger partial charge in [-0.2, -0.15) is 10.9 Å². The SMILES string of the molecule is CCc1cc2c3c(c1)N(c1ccc(C)cc1C)c1ccc(-c4nc5ccccc5o4)[c-]c1B3c1[c-]c(Oc3ccccn3)ccc1N2c1ccc(C)cc1C.Cc1cccc(C)c1N1c2ccc(Oc3ccccn3)[c-]c2B2c3[c-]c(-c4nc5ccccc5o4)ccc3N(c3c(C)cccc3C)c3cccc1c32.[Pt+2].[Pt+2].[Pt+2].[c-]1c(-c2ccccn2)ccc2c1B1c3[c-]c(-c4nc5ccccc5o4)ccc3Oc3cccc(c31)O2. The molecular weight excluding hydrogens is 2360 g/mol. The largest absolute Gasteiger partial charge is 2.00 e. The Hall–Kier alpha value is -16.0. The predicted molar refractivity (Wildman–Crippen MR) is 576 cm³/mol. The van der Waals surface area contributed by atoms with E-state index in [1.54, 1.807) is 18.6 Å². The van der Waals surface area contributed by atoms with Gasteiger partial charge in [-0.25, -0.2) is 9.97 Å². The number of benzene rings is 16. The molecule has 16 aromatic carbocycles. The predicted octanol–water partition coefficient (Wildman–Crippen LogP) is 24.6. The standard InChI is InChI=1S/C48H37BN4O2.C46H33BN4O2.C30H15BN2O3.3Pt/c1-6-33-25-43-47-44(26-33)53(40-19-15-30(3)24-32(40)5)42-21-17-35(54-46-13-9-10-22-50-46)28-37(42)49(47)36-27-34(48-51-38-11-7-8-12-45(38)55-48)16-20-41(36)52(43)39-18-14-29(2)23-31(39)4;1-28-12-9-13-29(2)44(28)50-37-23-21-32(46-49-36-16-5-6-19-41(36)53-46)26-34(37)47-35-27-33(52-42-20-7-8-25-48-42)22-24-38(35)51(40-18-11-17-39(50)43(40)47)45-30(3)14-10-15-31(45)4;1-2-8-26-23(7-1)33-30(36-26)19-12-14-25-21(17-19)31-20-16-18(22-6-3-4-15-32-22)11-13-24(20)34-27-9-5-10-28(35-25)29(27)31;;;/h7-26H,6H2,1-5H3;5-25H,1-4H3;1-15H;;;/q3*-2;3*+2. The molecule has 12 heterocycles. The molecule has 0 N–H and O–H groups in total. The van der Waals surface area contributed by atoms with Crippen LogP contribution in [0.4, 0.5) is 68.2 Å². The maximum absolute atomic E-state index is 6.39. The molecule has 0 saturated carbocycles. The van der Waals surface area contributed by atoms with E-state index >= 15 is 0 Å². The van der Waals surface area contributed by atoms with Crippen LogP contribution < -0.4 is 87.7 Å². The van der Waals surface area contributed by atoms with E-state index in [9.17, 15) is 0 Å². The Bertz CT molecular complexity index is 8820. The van der Waals surface area contributed by atoms with Crippen LogP contribution in [0, 0.1) is 91.8 Å². The summed E-state index contributed by atoms with van der Waals surface area (Å²) in [5, 5.41) is 0. The topological polar surface area (TPSA) is 167 Å². The number of aryl methyl sites for hydroxylation is 9. The summed E-state index contributed by atoms with van der Waals surface area (Å²) in [5.74, 6) is 6.88. The first-order valence-electron chi connectivity index (χ1n) is 48.4. The number of hydrogen-bond acceptors (Lipinski definition) is 17. The normalized spacial score (nSPS) is 12.5. The fourth-order valence-corrected chi connectivity index (χ4v) is 21.6. The van der Waals surface area contributed by atoms with Crippen molar-refractivity contribution in [2.75, 3.05) is 19.6 Å². The summed E-state index contributed by atoms with van der Waals surface area (Å²) in [6.45, 7) is 19.0. The molecule has 17 nitrogen and oxygen atoms in total. The number of fused-ring (bicyclic) bond motifs is 15. The first-order valence-corrected chi connectivity index (χ1v) is 48.4. The molecule has 0 aliphatic carbocycles. The van der Waals surface area contributed by atoms with Gasteiger partial charge in [-0.15, -0.1) is 137 Å². The molecule has 712 valence electrons. The number of aromatic nitrogens is 6. The number of pyridine rings is 3. The summed E-state index contributed by atoms with van der Waals surface area (Å²) in [6, 6.07) is 132. The average Bonchev–Trinajstić information content (AvgIpc) is 0.806. The number of oxazole rings is 3. The van der Waals surface area contributed by atoms with Gasteiger partial charge in [0.15, 0.2) is 0 Å². The Balaban J connectivity index is 0.000000123. The number of ether oxygens (including phenoxy) is 4. The first kappa shape index (κ1) is 94.6. The van der Waals surface area contributed by atoms with E-state index < -0.39 is 0 Å². The Morgan fingerprint density at radius 1 is 0.279 bits per heavy atom. The number of para-hydroxylation sites is 8. The zero-order valence-corrected chi connectivity index (χ0v) is 87.9. The molecular formula is C124H85B3N10O7Pt3. The monoisotopic (exact) mass is 2440 g/mol. The van der Waals surface area contributed by atoms with E-state index in [4.69, 9.17) is 42.2 Å². The fraction of sp³-hybridized carbons (Fsp3) is 0.0806. The van der Waals surface area contributed by atoms with Gasteiger partial charge in [0.25, 0.3) is 0 Å². The van der Waals surface area contributed by atoms with Crippen LogP contribution in [0.5, 0.6) is 46.3 Å². The summed E-state index contributed by atoms with van der Waals surface area (Å²) in [5.41, 5.74) is 42.1. The fourth-order valence-electron chi connectivity index (χ4n) is 21.6. The van der Waals surface area contributed by atoms with Crippen LogP contribution in [-0.4, -0.2) is 50.0 Å². The van der Waals surface area contributed by atoms with Crippen LogP contribution in [0.3, 0.4) is 0 Å². The molecule has 28 rings (SSSR count). The van der Waals surface area contributed by atoms with Crippen LogP contribution in [0.2, 0.25) is 0 Å². The van der Waals surface area contributed by atoms with Gasteiger partial charge in [-0.05, 0) is 232 Å². The molecule has 0 amide bonds. The minimum Gasteiger partial charge on any atom is -0.503 e. The molecule has 147 heavy (non-hydrogen) atoms. The minimum atomic E-state index is -0.235. The maximum atomic E-state index is 6.39. The molecule has 0 fully saturated rings. The number of rotatable bonds is 13. The van der Waals surface area contributed by atoms with Crippen LogP contribution in [-0.2, 0) is 69.6 Å². The van der Waals surface area contributed by atoms with Crippen molar-refractivity contribution in [3.05, 3.63) is 427 Å². The van der Waals surface area contributed by atoms with Gasteiger partial charge in [0.05, 0.1) is 16.6 Å². The van der Waals surface area contributed by atoms with E-state index in [1.807, 2.05) is 182 Å². The van der Waals surface area contributed by atoms with Crippen molar-refractivity contribution in [1.29, 1.82) is 0 Å². The van der Waals surface area contributed by atoms with Gasteiger partial charge in [0.1, 0.15) is 45.9 Å². The first-order chi connectivity index (χ1) is 70.6. The third-order valence-corrected chi connectivity index (χ3v) is 28.0. The van der Waals surface area contributed by atoms with Crippen molar-refractivity contribution in [1.82, 2.24) is 29.9 Å². The molecule has 22 aromatic rings. The number of nitrogens with zero attached hydrogens (tertiary/aromatic N) is 10. The van der Waals surface area contributed by atoms with E-state index in [-0.39, 0.29) is 83.3 Å². The summed E-state index contributed by atoms with van der Waals surface area (Å²) in [6.07, 6.45) is 6.15. The number of anilines is 12. The molecule has 0 unspecified atom stereocenters. The second-order valence-electron chi connectivity index (χ2n) is 37.3. The van der Waals surface area contributed by atoms with Gasteiger partial charge in [0.2, 0.25) is 31.9 Å². The van der Waals surface area contributed by atoms with Crippen molar-refractivity contribution >= 4 is 171 Å². The van der Waals surface area contributed by atoms with Crippen LogP contribution in [0.1, 0.15) is 57.0 Å². The summed E-state index contributed by atoms with van der Waals surface area (Å²) in [7, 11) is 0. The zero-order valence-electron chi connectivity index (χ0n) is 81.0. The van der Waals surface area contributed by atoms with Crippen LogP contribution in [0.25, 0.3) is 78.9 Å². The molecule has 6 aliphatic heterocycles. The molecule has 23 heteroatoms. The van der Waals surface area contributed by atoms with E-state index in [0.29, 0.717) is 40.9 Å². The molecule has 0 radical (unpaired) electrons. The van der Waals surface area contributed by atoms with Gasteiger partial charge in [-0.3, -0.25) is 15.0 Å². The smallest absolute Gasteiger partial charge is 0.503 e. The second kappa shape index (κ2) is 38.5. The summed E-state index contributed by atoms with van der Waals surface area (Å²) in [4.78, 5) is 37.6. The Kier molecular flexibility index (Phi) is 24.8. The van der Waals surface area contributed by atoms with Crippen LogP contribution >= 0.6 is 0 Å². The van der Waals surface area contributed by atoms with Gasteiger partial charge in [-0.1, -0.05) is 180 Å². The van der Waals surface area contributed by atoms with Crippen molar-refractivity contribution in [2.45, 2.75) is 68.7 Å². The van der Waals surface area contributed by atoms with E-state index in [1.165, 1.54) is 61.0 Å². The second-order valence-corrected chi connectivity index (χ2v) is 37.3. The minimum absolute atomic E-state index is 0. The van der Waals surface area contributed by atoms with Gasteiger partial charge < -0.3 is 56.8 Å².